The van der Waals surface area contributed by atoms with Gasteiger partial charge in [0.2, 0.25) is 0 Å². The van der Waals surface area contributed by atoms with Crippen molar-refractivity contribution in [2.24, 2.45) is 0 Å². The number of rotatable bonds is 5. The average molecular weight is 255 g/mol. The third kappa shape index (κ3) is 2.68. The van der Waals surface area contributed by atoms with Gasteiger partial charge in [-0.25, -0.2) is 14.4 Å². The first-order valence-electron chi connectivity index (χ1n) is 5.31. The second-order valence-corrected chi connectivity index (χ2v) is 3.20. The van der Waals surface area contributed by atoms with E-state index in [4.69, 9.17) is 14.6 Å². The van der Waals surface area contributed by atoms with Gasteiger partial charge in [-0.2, -0.15) is 0 Å². The van der Waals surface area contributed by atoms with Crippen molar-refractivity contribution < 1.29 is 29.0 Å². The van der Waals surface area contributed by atoms with Crippen LogP contribution < -0.4 is 0 Å². The monoisotopic (exact) mass is 255 g/mol. The topological polar surface area (TPSA) is 106 Å². The van der Waals surface area contributed by atoms with E-state index in [0.717, 1.165) is 6.20 Å². The van der Waals surface area contributed by atoms with E-state index in [1.54, 1.807) is 13.8 Å². The molecule has 1 aromatic rings. The van der Waals surface area contributed by atoms with E-state index < -0.39 is 23.6 Å². The highest BCUT2D eigenvalue weighted by atomic mass is 16.5. The maximum absolute atomic E-state index is 11.6. The maximum Gasteiger partial charge on any atom is 0.353 e. The summed E-state index contributed by atoms with van der Waals surface area (Å²) in [6, 6.07) is 0. The summed E-state index contributed by atoms with van der Waals surface area (Å²) < 4.78 is 9.45. The minimum Gasteiger partial charge on any atom is -0.477 e. The predicted molar refractivity (Wildman–Crippen MR) is 59.7 cm³/mol. The van der Waals surface area contributed by atoms with Gasteiger partial charge in [0.25, 0.3) is 0 Å². The summed E-state index contributed by atoms with van der Waals surface area (Å²) in [5.74, 6) is -3.00. The first-order valence-corrected chi connectivity index (χ1v) is 5.31. The quantitative estimate of drug-likeness (QED) is 0.762. The number of carboxylic acids is 1. The second-order valence-electron chi connectivity index (χ2n) is 3.20. The molecule has 7 nitrogen and oxygen atoms in total. The van der Waals surface area contributed by atoms with Crippen LogP contribution in [0.3, 0.4) is 0 Å². The van der Waals surface area contributed by atoms with E-state index in [1.807, 2.05) is 0 Å². The molecule has 0 saturated carbocycles. The lowest BCUT2D eigenvalue weighted by Gasteiger charge is -2.04. The third-order valence-corrected chi connectivity index (χ3v) is 2.07. The second kappa shape index (κ2) is 5.85. The zero-order valence-electron chi connectivity index (χ0n) is 9.98. The van der Waals surface area contributed by atoms with E-state index in [1.165, 1.54) is 0 Å². The summed E-state index contributed by atoms with van der Waals surface area (Å²) in [7, 11) is 0. The van der Waals surface area contributed by atoms with Crippen molar-refractivity contribution in [2.45, 2.75) is 13.8 Å². The van der Waals surface area contributed by atoms with Crippen LogP contribution in [0.25, 0.3) is 0 Å². The normalized spacial score (nSPS) is 9.89. The smallest absolute Gasteiger partial charge is 0.353 e. The number of aromatic carboxylic acids is 1. The third-order valence-electron chi connectivity index (χ3n) is 2.07. The highest BCUT2D eigenvalue weighted by Gasteiger charge is 2.28. The molecule has 98 valence electrons. The standard InChI is InChI=1S/C11H13NO6/c1-3-17-10(15)6-5-12-8(9(13)14)7(6)11(16)18-4-2/h5,12H,3-4H2,1-2H3,(H,13,14). The Hall–Kier alpha value is -2.31. The molecule has 0 fully saturated rings. The Morgan fingerprint density at radius 1 is 1.17 bits per heavy atom. The Morgan fingerprint density at radius 3 is 2.22 bits per heavy atom. The molecule has 0 aromatic carbocycles. The lowest BCUT2D eigenvalue weighted by molar-refractivity contribution is 0.0476. The van der Waals surface area contributed by atoms with E-state index in [9.17, 15) is 14.4 Å². The fourth-order valence-corrected chi connectivity index (χ4v) is 1.38. The van der Waals surface area contributed by atoms with Gasteiger partial charge in [0, 0.05) is 6.20 Å². The van der Waals surface area contributed by atoms with Crippen LogP contribution in [-0.4, -0.2) is 41.2 Å². The number of nitrogens with one attached hydrogen (secondary N) is 1. The van der Waals surface area contributed by atoms with Crippen LogP contribution in [0.2, 0.25) is 0 Å². The predicted octanol–water partition coefficient (Wildman–Crippen LogP) is 1.07. The highest BCUT2D eigenvalue weighted by Crippen LogP contribution is 2.17. The number of carbonyl (C=O) groups excluding carboxylic acids is 2. The Kier molecular flexibility index (Phi) is 4.47. The molecule has 1 rings (SSSR count). The summed E-state index contributed by atoms with van der Waals surface area (Å²) in [5.41, 5.74) is -0.855. The summed E-state index contributed by atoms with van der Waals surface area (Å²) in [6.45, 7) is 3.38. The molecule has 0 spiro atoms. The van der Waals surface area contributed by atoms with Crippen molar-refractivity contribution in [1.29, 1.82) is 0 Å². The number of aromatic nitrogens is 1. The summed E-state index contributed by atoms with van der Waals surface area (Å²) >= 11 is 0. The van der Waals surface area contributed by atoms with Crippen LogP contribution in [0.4, 0.5) is 0 Å². The molecule has 0 aliphatic rings. The number of hydrogen-bond acceptors (Lipinski definition) is 5. The number of esters is 2. The van der Waals surface area contributed by atoms with Crippen LogP contribution in [-0.2, 0) is 9.47 Å². The molecular weight excluding hydrogens is 242 g/mol. The molecule has 2 N–H and O–H groups in total. The Balaban J connectivity index is 3.23. The van der Waals surface area contributed by atoms with Gasteiger partial charge in [-0.05, 0) is 13.8 Å². The van der Waals surface area contributed by atoms with Crippen LogP contribution in [0.5, 0.6) is 0 Å². The molecule has 0 saturated heterocycles. The first kappa shape index (κ1) is 13.8. The molecule has 0 unspecified atom stereocenters. The number of carboxylic acid groups (broad SMARTS) is 1. The van der Waals surface area contributed by atoms with Gasteiger partial charge in [0.1, 0.15) is 11.3 Å². The van der Waals surface area contributed by atoms with Gasteiger partial charge in [-0.1, -0.05) is 0 Å². The summed E-state index contributed by atoms with van der Waals surface area (Å²) in [6.07, 6.45) is 1.12. The van der Waals surface area contributed by atoms with Gasteiger partial charge < -0.3 is 19.6 Å². The Bertz CT molecular complexity index is 476. The zero-order chi connectivity index (χ0) is 13.7. The van der Waals surface area contributed by atoms with Gasteiger partial charge in [0.15, 0.2) is 0 Å². The van der Waals surface area contributed by atoms with Crippen molar-refractivity contribution >= 4 is 17.9 Å². The Morgan fingerprint density at radius 2 is 1.72 bits per heavy atom. The molecule has 18 heavy (non-hydrogen) atoms. The molecule has 7 heteroatoms. The molecular formula is C11H13NO6. The molecule has 0 radical (unpaired) electrons. The first-order chi connectivity index (χ1) is 8.52. The van der Waals surface area contributed by atoms with Crippen LogP contribution in [0, 0.1) is 0 Å². The van der Waals surface area contributed by atoms with Gasteiger partial charge >= 0.3 is 17.9 Å². The van der Waals surface area contributed by atoms with Crippen molar-refractivity contribution in [3.8, 4) is 0 Å². The SMILES string of the molecule is CCOC(=O)c1c[nH]c(C(=O)O)c1C(=O)OCC. The fraction of sp³-hybridized carbons (Fsp3) is 0.364. The van der Waals surface area contributed by atoms with Crippen molar-refractivity contribution in [3.63, 3.8) is 0 Å². The maximum atomic E-state index is 11.6. The van der Waals surface area contributed by atoms with E-state index in [-0.39, 0.29) is 24.3 Å². The zero-order valence-corrected chi connectivity index (χ0v) is 9.98. The lowest BCUT2D eigenvalue weighted by Crippen LogP contribution is -2.15. The molecule has 0 amide bonds. The average Bonchev–Trinajstić information content (AvgIpc) is 2.74. The molecule has 1 aromatic heterocycles. The van der Waals surface area contributed by atoms with E-state index in [2.05, 4.69) is 4.98 Å². The molecule has 0 aliphatic heterocycles. The van der Waals surface area contributed by atoms with Gasteiger partial charge in [0.05, 0.1) is 18.8 Å². The van der Waals surface area contributed by atoms with E-state index in [0.29, 0.717) is 0 Å². The van der Waals surface area contributed by atoms with Crippen molar-refractivity contribution in [1.82, 2.24) is 4.98 Å². The van der Waals surface area contributed by atoms with Crippen molar-refractivity contribution in [3.05, 3.63) is 23.0 Å². The number of aromatic amines is 1. The Labute approximate surface area is 103 Å². The number of carbonyl (C=O) groups is 3. The highest BCUT2D eigenvalue weighted by molar-refractivity contribution is 6.09. The lowest BCUT2D eigenvalue weighted by atomic mass is 10.1. The molecule has 0 aliphatic carbocycles. The largest absolute Gasteiger partial charge is 0.477 e. The van der Waals surface area contributed by atoms with Crippen LogP contribution in [0.1, 0.15) is 45.1 Å². The van der Waals surface area contributed by atoms with Gasteiger partial charge in [-0.15, -0.1) is 0 Å². The van der Waals surface area contributed by atoms with Crippen LogP contribution >= 0.6 is 0 Å². The van der Waals surface area contributed by atoms with E-state index >= 15 is 0 Å². The van der Waals surface area contributed by atoms with Crippen molar-refractivity contribution in [2.75, 3.05) is 13.2 Å². The van der Waals surface area contributed by atoms with Gasteiger partial charge in [-0.3, -0.25) is 0 Å². The molecule has 1 heterocycles. The minimum absolute atomic E-state index is 0.0747. The fourth-order valence-electron chi connectivity index (χ4n) is 1.38. The minimum atomic E-state index is -1.35. The number of H-pyrrole nitrogens is 1. The number of ether oxygens (including phenoxy) is 2. The molecule has 0 atom stereocenters. The molecule has 0 bridgehead atoms. The van der Waals surface area contributed by atoms with Crippen LogP contribution in [0.15, 0.2) is 6.20 Å². The summed E-state index contributed by atoms with van der Waals surface area (Å²) in [4.78, 5) is 36.5. The number of hydrogen-bond donors (Lipinski definition) is 2. The summed E-state index contributed by atoms with van der Waals surface area (Å²) in [5, 5.41) is 8.92.